The molecular weight excluding hydrogens is 332 g/mol. The lowest BCUT2D eigenvalue weighted by Crippen LogP contribution is -2.05. The average Bonchev–Trinajstić information content (AvgIpc) is 2.33. The van der Waals surface area contributed by atoms with Gasteiger partial charge in [0, 0.05) is 10.6 Å². The number of aryl methyl sites for hydroxylation is 1. The molecular formula is C14H8Cl3F3. The van der Waals surface area contributed by atoms with Crippen LogP contribution in [0.15, 0.2) is 30.3 Å². The van der Waals surface area contributed by atoms with E-state index in [4.69, 9.17) is 34.8 Å². The summed E-state index contributed by atoms with van der Waals surface area (Å²) in [7, 11) is 0. The first kappa shape index (κ1) is 15.5. The highest BCUT2D eigenvalue weighted by atomic mass is 35.5. The van der Waals surface area contributed by atoms with E-state index in [2.05, 4.69) is 0 Å². The smallest absolute Gasteiger partial charge is 0.166 e. The Kier molecular flexibility index (Phi) is 4.24. The Labute approximate surface area is 129 Å². The van der Waals surface area contributed by atoms with Crippen molar-refractivity contribution in [3.63, 3.8) is 0 Å². The summed E-state index contributed by atoms with van der Waals surface area (Å²) >= 11 is 18.0. The summed E-state index contributed by atoms with van der Waals surface area (Å²) in [5.41, 5.74) is 0.298. The van der Waals surface area contributed by atoms with Gasteiger partial charge < -0.3 is 0 Å². The molecule has 0 saturated heterocycles. The Morgan fingerprint density at radius 1 is 0.900 bits per heavy atom. The third kappa shape index (κ3) is 3.05. The maximum absolute atomic E-state index is 12.9. The summed E-state index contributed by atoms with van der Waals surface area (Å²) in [4.78, 5) is 0. The molecule has 106 valence electrons. The second-order valence-corrected chi connectivity index (χ2v) is 5.50. The van der Waals surface area contributed by atoms with E-state index < -0.39 is 11.7 Å². The van der Waals surface area contributed by atoms with Crippen LogP contribution in [0.25, 0.3) is 11.1 Å². The second-order valence-electron chi connectivity index (χ2n) is 4.30. The molecule has 0 unspecified atom stereocenters. The topological polar surface area (TPSA) is 0 Å². The molecule has 0 spiro atoms. The summed E-state index contributed by atoms with van der Waals surface area (Å²) in [6, 6.07) is 6.65. The van der Waals surface area contributed by atoms with Gasteiger partial charge in [0.25, 0.3) is 0 Å². The van der Waals surface area contributed by atoms with Gasteiger partial charge >= 0.3 is 6.18 Å². The highest BCUT2D eigenvalue weighted by Gasteiger charge is 2.31. The van der Waals surface area contributed by atoms with Crippen LogP contribution in [0.2, 0.25) is 15.1 Å². The standard InChI is InChI=1S/C14H8Cl3F3/c1-7-4-8(6-9(5-7)14(18,19)20)12-10(15)2-3-11(16)13(12)17/h2-6H,1H3. The fourth-order valence-electron chi connectivity index (χ4n) is 1.88. The average molecular weight is 340 g/mol. The van der Waals surface area contributed by atoms with E-state index in [1.807, 2.05) is 0 Å². The highest BCUT2D eigenvalue weighted by Crippen LogP contribution is 2.41. The van der Waals surface area contributed by atoms with Gasteiger partial charge in [0.2, 0.25) is 0 Å². The lowest BCUT2D eigenvalue weighted by molar-refractivity contribution is -0.137. The maximum atomic E-state index is 12.9. The molecule has 2 aromatic carbocycles. The summed E-state index contributed by atoms with van der Waals surface area (Å²) in [5, 5.41) is 0.622. The molecule has 0 amide bonds. The van der Waals surface area contributed by atoms with Crippen LogP contribution in [0.3, 0.4) is 0 Å². The van der Waals surface area contributed by atoms with Gasteiger partial charge in [-0.2, -0.15) is 13.2 Å². The minimum atomic E-state index is -4.43. The summed E-state index contributed by atoms with van der Waals surface area (Å²) < 4.78 is 38.6. The molecule has 0 atom stereocenters. The number of benzene rings is 2. The molecule has 0 nitrogen and oxygen atoms in total. The third-order valence-electron chi connectivity index (χ3n) is 2.74. The Hall–Kier alpha value is -0.900. The molecule has 0 radical (unpaired) electrons. The van der Waals surface area contributed by atoms with Crippen molar-refractivity contribution >= 4 is 34.8 Å². The van der Waals surface area contributed by atoms with E-state index in [1.165, 1.54) is 12.1 Å². The van der Waals surface area contributed by atoms with Crippen LogP contribution < -0.4 is 0 Å². The van der Waals surface area contributed by atoms with E-state index in [0.29, 0.717) is 11.1 Å². The predicted octanol–water partition coefficient (Wildman–Crippen LogP) is 6.64. The first-order chi connectivity index (χ1) is 9.20. The minimum Gasteiger partial charge on any atom is -0.166 e. The zero-order valence-corrected chi connectivity index (χ0v) is 12.4. The van der Waals surface area contributed by atoms with Crippen LogP contribution in [0.1, 0.15) is 11.1 Å². The largest absolute Gasteiger partial charge is 0.416 e. The minimum absolute atomic E-state index is 0.137. The molecule has 2 aromatic rings. The van der Waals surface area contributed by atoms with Gasteiger partial charge in [-0.25, -0.2) is 0 Å². The van der Waals surface area contributed by atoms with Crippen molar-refractivity contribution in [1.82, 2.24) is 0 Å². The maximum Gasteiger partial charge on any atom is 0.416 e. The fraction of sp³-hybridized carbons (Fsp3) is 0.143. The fourth-order valence-corrected chi connectivity index (χ4v) is 2.63. The first-order valence-electron chi connectivity index (χ1n) is 5.53. The van der Waals surface area contributed by atoms with Crippen molar-refractivity contribution in [2.75, 3.05) is 0 Å². The van der Waals surface area contributed by atoms with Crippen LogP contribution >= 0.6 is 34.8 Å². The molecule has 0 N–H and O–H groups in total. The zero-order chi connectivity index (χ0) is 15.1. The zero-order valence-electron chi connectivity index (χ0n) is 10.2. The molecule has 0 heterocycles. The second kappa shape index (κ2) is 5.47. The Balaban J connectivity index is 2.71. The van der Waals surface area contributed by atoms with Gasteiger partial charge in [-0.15, -0.1) is 0 Å². The van der Waals surface area contributed by atoms with E-state index in [-0.39, 0.29) is 20.6 Å². The number of halogens is 6. The van der Waals surface area contributed by atoms with E-state index >= 15 is 0 Å². The van der Waals surface area contributed by atoms with E-state index in [9.17, 15) is 13.2 Å². The molecule has 6 heteroatoms. The third-order valence-corrected chi connectivity index (χ3v) is 3.86. The van der Waals surface area contributed by atoms with Crippen LogP contribution in [0.5, 0.6) is 0 Å². The van der Waals surface area contributed by atoms with Gasteiger partial charge in [-0.1, -0.05) is 40.9 Å². The monoisotopic (exact) mass is 338 g/mol. The number of rotatable bonds is 1. The number of hydrogen-bond donors (Lipinski definition) is 0. The summed E-state index contributed by atoms with van der Waals surface area (Å²) in [6.45, 7) is 1.57. The predicted molar refractivity (Wildman–Crippen MR) is 76.6 cm³/mol. The van der Waals surface area contributed by atoms with Crippen molar-refractivity contribution in [3.05, 3.63) is 56.5 Å². The Morgan fingerprint density at radius 2 is 1.50 bits per heavy atom. The molecule has 0 saturated carbocycles. The van der Waals surface area contributed by atoms with Crippen LogP contribution in [-0.4, -0.2) is 0 Å². The molecule has 20 heavy (non-hydrogen) atoms. The van der Waals surface area contributed by atoms with Crippen LogP contribution in [0, 0.1) is 6.92 Å². The molecule has 0 aliphatic heterocycles. The molecule has 0 fully saturated rings. The van der Waals surface area contributed by atoms with Crippen LogP contribution in [-0.2, 0) is 6.18 Å². The Morgan fingerprint density at radius 3 is 2.10 bits per heavy atom. The van der Waals surface area contributed by atoms with Crippen molar-refractivity contribution in [2.24, 2.45) is 0 Å². The lowest BCUT2D eigenvalue weighted by atomic mass is 10.00. The molecule has 2 rings (SSSR count). The summed E-state index contributed by atoms with van der Waals surface area (Å²) in [5.74, 6) is 0. The van der Waals surface area contributed by atoms with Crippen molar-refractivity contribution < 1.29 is 13.2 Å². The molecule has 0 aliphatic carbocycles. The van der Waals surface area contributed by atoms with Gasteiger partial charge in [0.15, 0.2) is 0 Å². The van der Waals surface area contributed by atoms with Crippen molar-refractivity contribution in [2.45, 2.75) is 13.1 Å². The summed E-state index contributed by atoms with van der Waals surface area (Å²) in [6.07, 6.45) is -4.43. The van der Waals surface area contributed by atoms with Gasteiger partial charge in [0.1, 0.15) is 0 Å². The lowest BCUT2D eigenvalue weighted by Gasteiger charge is -2.13. The van der Waals surface area contributed by atoms with Crippen molar-refractivity contribution in [1.29, 1.82) is 0 Å². The number of alkyl halides is 3. The van der Waals surface area contributed by atoms with Gasteiger partial charge in [-0.05, 0) is 42.3 Å². The van der Waals surface area contributed by atoms with Gasteiger partial charge in [-0.3, -0.25) is 0 Å². The van der Waals surface area contributed by atoms with Crippen molar-refractivity contribution in [3.8, 4) is 11.1 Å². The molecule has 0 bridgehead atoms. The normalized spacial score (nSPS) is 11.8. The Bertz CT molecular complexity index is 663. The molecule has 0 aliphatic rings. The SMILES string of the molecule is Cc1cc(-c2c(Cl)ccc(Cl)c2Cl)cc(C(F)(F)F)c1. The van der Waals surface area contributed by atoms with Crippen LogP contribution in [0.4, 0.5) is 13.2 Å². The first-order valence-corrected chi connectivity index (χ1v) is 6.66. The van der Waals surface area contributed by atoms with Gasteiger partial charge in [0.05, 0.1) is 15.6 Å². The van der Waals surface area contributed by atoms with E-state index in [0.717, 1.165) is 12.1 Å². The number of hydrogen-bond acceptors (Lipinski definition) is 0. The quantitative estimate of drug-likeness (QED) is 0.511. The molecule has 0 aromatic heterocycles. The van der Waals surface area contributed by atoms with E-state index in [1.54, 1.807) is 13.0 Å². The highest BCUT2D eigenvalue weighted by molar-refractivity contribution is 6.46.